The Morgan fingerprint density at radius 3 is 2.53 bits per heavy atom. The molecule has 3 nitrogen and oxygen atoms in total. The van der Waals surface area contributed by atoms with E-state index in [9.17, 15) is 4.79 Å². The summed E-state index contributed by atoms with van der Waals surface area (Å²) >= 11 is 1.74. The van der Waals surface area contributed by atoms with Gasteiger partial charge in [-0.25, -0.2) is 0 Å². The van der Waals surface area contributed by atoms with Crippen molar-refractivity contribution in [2.75, 3.05) is 32.9 Å². The molecule has 0 aromatic heterocycles. The summed E-state index contributed by atoms with van der Waals surface area (Å²) in [5.74, 6) is 1.05. The van der Waals surface area contributed by atoms with Crippen molar-refractivity contribution in [2.24, 2.45) is 0 Å². The van der Waals surface area contributed by atoms with Crippen molar-refractivity contribution in [3.8, 4) is 0 Å². The molecule has 0 spiro atoms. The Labute approximate surface area is 126 Å². The number of nitrogens with zero attached hydrogens (tertiary/aromatic N) is 1. The molecule has 0 atom stereocenters. The van der Waals surface area contributed by atoms with Gasteiger partial charge in [-0.2, -0.15) is 0 Å². The maximum absolute atomic E-state index is 11.8. The molecule has 1 rings (SSSR count). The van der Waals surface area contributed by atoms with Gasteiger partial charge in [0.2, 0.25) is 5.91 Å². The second kappa shape index (κ2) is 10.1. The zero-order chi connectivity index (χ0) is 13.4. The van der Waals surface area contributed by atoms with E-state index < -0.39 is 0 Å². The zero-order valence-corrected chi connectivity index (χ0v) is 13.4. The van der Waals surface area contributed by atoms with Crippen LogP contribution in [0.15, 0.2) is 29.2 Å². The number of carbonyl (C=O) groups excluding carboxylic acids is 1. The molecule has 0 aliphatic rings. The Balaban J connectivity index is 0.00000324. The highest BCUT2D eigenvalue weighted by atomic mass is 35.5. The van der Waals surface area contributed by atoms with Crippen LogP contribution >= 0.6 is 24.2 Å². The van der Waals surface area contributed by atoms with Crippen LogP contribution in [0.2, 0.25) is 0 Å². The van der Waals surface area contributed by atoms with Gasteiger partial charge in [0.15, 0.2) is 0 Å². The summed E-state index contributed by atoms with van der Waals surface area (Å²) in [7, 11) is 3.75. The Morgan fingerprint density at radius 1 is 1.32 bits per heavy atom. The molecule has 0 saturated carbocycles. The zero-order valence-electron chi connectivity index (χ0n) is 11.8. The minimum absolute atomic E-state index is 0. The lowest BCUT2D eigenvalue weighted by molar-refractivity contribution is -0.129. The van der Waals surface area contributed by atoms with Crippen molar-refractivity contribution in [1.82, 2.24) is 10.2 Å². The van der Waals surface area contributed by atoms with E-state index in [0.717, 1.165) is 18.8 Å². The highest BCUT2D eigenvalue weighted by molar-refractivity contribution is 7.99. The van der Waals surface area contributed by atoms with E-state index in [0.29, 0.717) is 6.42 Å². The van der Waals surface area contributed by atoms with E-state index in [1.807, 2.05) is 14.1 Å². The number of amides is 1. The number of likely N-dealkylation sites (N-methyl/N-ethyl adjacent to an activating group) is 2. The van der Waals surface area contributed by atoms with Gasteiger partial charge in [0, 0.05) is 37.2 Å². The van der Waals surface area contributed by atoms with Gasteiger partial charge >= 0.3 is 0 Å². The summed E-state index contributed by atoms with van der Waals surface area (Å²) < 4.78 is 0. The summed E-state index contributed by atoms with van der Waals surface area (Å²) in [6.45, 7) is 3.69. The molecule has 0 bridgehead atoms. The SMILES string of the molecule is CNCCN(C)C(=O)CCSc1ccc(C)cc1.Cl. The van der Waals surface area contributed by atoms with E-state index in [4.69, 9.17) is 0 Å². The first-order valence-electron chi connectivity index (χ1n) is 6.21. The topological polar surface area (TPSA) is 32.3 Å². The van der Waals surface area contributed by atoms with Gasteiger partial charge in [0.1, 0.15) is 0 Å². The van der Waals surface area contributed by atoms with Crippen LogP contribution in [0.5, 0.6) is 0 Å². The number of thioether (sulfide) groups is 1. The Kier molecular flexibility index (Phi) is 9.74. The van der Waals surface area contributed by atoms with E-state index in [1.54, 1.807) is 16.7 Å². The van der Waals surface area contributed by atoms with Gasteiger partial charge in [-0.1, -0.05) is 17.7 Å². The van der Waals surface area contributed by atoms with Crippen molar-refractivity contribution in [3.63, 3.8) is 0 Å². The van der Waals surface area contributed by atoms with Crippen LogP contribution in [0.25, 0.3) is 0 Å². The molecule has 1 aromatic carbocycles. The molecule has 0 saturated heterocycles. The van der Waals surface area contributed by atoms with Gasteiger partial charge in [-0.05, 0) is 26.1 Å². The van der Waals surface area contributed by atoms with Crippen LogP contribution in [-0.2, 0) is 4.79 Å². The van der Waals surface area contributed by atoms with E-state index in [-0.39, 0.29) is 18.3 Å². The third kappa shape index (κ3) is 7.45. The highest BCUT2D eigenvalue weighted by Crippen LogP contribution is 2.19. The second-order valence-electron chi connectivity index (χ2n) is 4.33. The normalized spacial score (nSPS) is 9.84. The summed E-state index contributed by atoms with van der Waals surface area (Å²) in [5, 5.41) is 3.04. The molecular formula is C14H23ClN2OS. The first-order chi connectivity index (χ1) is 8.63. The largest absolute Gasteiger partial charge is 0.344 e. The minimum Gasteiger partial charge on any atom is -0.344 e. The molecule has 0 aliphatic carbocycles. The molecule has 0 heterocycles. The lowest BCUT2D eigenvalue weighted by atomic mass is 10.2. The van der Waals surface area contributed by atoms with Crippen LogP contribution in [0.3, 0.4) is 0 Å². The van der Waals surface area contributed by atoms with Crippen LogP contribution in [0.4, 0.5) is 0 Å². The van der Waals surface area contributed by atoms with E-state index in [1.165, 1.54) is 10.5 Å². The van der Waals surface area contributed by atoms with Gasteiger partial charge in [0.05, 0.1) is 0 Å². The van der Waals surface area contributed by atoms with Crippen LogP contribution in [0.1, 0.15) is 12.0 Å². The van der Waals surface area contributed by atoms with Crippen LogP contribution in [0, 0.1) is 6.92 Å². The van der Waals surface area contributed by atoms with Crippen molar-refractivity contribution >= 4 is 30.1 Å². The Hall–Kier alpha value is -0.710. The predicted octanol–water partition coefficient (Wildman–Crippen LogP) is 2.58. The minimum atomic E-state index is 0. The number of nitrogens with one attached hydrogen (secondary N) is 1. The molecular weight excluding hydrogens is 280 g/mol. The molecule has 108 valence electrons. The maximum atomic E-state index is 11.8. The average Bonchev–Trinajstić information content (AvgIpc) is 2.38. The van der Waals surface area contributed by atoms with Crippen LogP contribution in [-0.4, -0.2) is 43.7 Å². The fraction of sp³-hybridized carbons (Fsp3) is 0.500. The van der Waals surface area contributed by atoms with Crippen LogP contribution < -0.4 is 5.32 Å². The van der Waals surface area contributed by atoms with Gasteiger partial charge in [-0.15, -0.1) is 24.2 Å². The first kappa shape index (κ1) is 18.3. The lowest BCUT2D eigenvalue weighted by Gasteiger charge is -2.16. The van der Waals surface area contributed by atoms with Crippen molar-refractivity contribution in [3.05, 3.63) is 29.8 Å². The van der Waals surface area contributed by atoms with Crippen molar-refractivity contribution in [1.29, 1.82) is 0 Å². The highest BCUT2D eigenvalue weighted by Gasteiger charge is 2.07. The molecule has 1 N–H and O–H groups in total. The number of carbonyl (C=O) groups is 1. The predicted molar refractivity (Wildman–Crippen MR) is 85.3 cm³/mol. The third-order valence-electron chi connectivity index (χ3n) is 2.73. The average molecular weight is 303 g/mol. The number of benzene rings is 1. The summed E-state index contributed by atoms with van der Waals surface area (Å²) in [5.41, 5.74) is 1.27. The molecule has 0 unspecified atom stereocenters. The smallest absolute Gasteiger partial charge is 0.223 e. The fourth-order valence-corrected chi connectivity index (χ4v) is 2.33. The maximum Gasteiger partial charge on any atom is 0.223 e. The fourth-order valence-electron chi connectivity index (χ4n) is 1.49. The molecule has 1 aromatic rings. The molecule has 0 aliphatic heterocycles. The molecule has 1 amide bonds. The van der Waals surface area contributed by atoms with Gasteiger partial charge in [-0.3, -0.25) is 4.79 Å². The first-order valence-corrected chi connectivity index (χ1v) is 7.20. The summed E-state index contributed by atoms with van der Waals surface area (Å²) in [6.07, 6.45) is 0.596. The standard InChI is InChI=1S/C14H22N2OS.ClH/c1-12-4-6-13(7-5-12)18-11-8-14(17)16(3)10-9-15-2;/h4-7,15H,8-11H2,1-3H3;1H. The van der Waals surface area contributed by atoms with Crippen molar-refractivity contribution in [2.45, 2.75) is 18.2 Å². The monoisotopic (exact) mass is 302 g/mol. The van der Waals surface area contributed by atoms with E-state index in [2.05, 4.69) is 36.5 Å². The molecule has 19 heavy (non-hydrogen) atoms. The van der Waals surface area contributed by atoms with Gasteiger partial charge in [0.25, 0.3) is 0 Å². The summed E-state index contributed by atoms with van der Waals surface area (Å²) in [4.78, 5) is 14.8. The quantitative estimate of drug-likeness (QED) is 0.786. The number of rotatable bonds is 7. The second-order valence-corrected chi connectivity index (χ2v) is 5.50. The summed E-state index contributed by atoms with van der Waals surface area (Å²) in [6, 6.07) is 8.41. The lowest BCUT2D eigenvalue weighted by Crippen LogP contribution is -2.32. The Morgan fingerprint density at radius 2 is 1.95 bits per heavy atom. The number of halogens is 1. The molecule has 5 heteroatoms. The number of aryl methyl sites for hydroxylation is 1. The molecule has 0 radical (unpaired) electrons. The van der Waals surface area contributed by atoms with Gasteiger partial charge < -0.3 is 10.2 Å². The van der Waals surface area contributed by atoms with Crippen molar-refractivity contribution < 1.29 is 4.79 Å². The number of hydrogen-bond acceptors (Lipinski definition) is 3. The Bertz CT molecular complexity index is 370. The van der Waals surface area contributed by atoms with E-state index >= 15 is 0 Å². The molecule has 0 fully saturated rings. The number of hydrogen-bond donors (Lipinski definition) is 1. The third-order valence-corrected chi connectivity index (χ3v) is 3.74.